The maximum atomic E-state index is 14.1. The number of nitrogens with one attached hydrogen (secondary N) is 1. The van der Waals surface area contributed by atoms with E-state index in [1.807, 2.05) is 0 Å². The highest BCUT2D eigenvalue weighted by molar-refractivity contribution is 6.42. The molecule has 2 nitrogen and oxygen atoms in total. The Balaban J connectivity index is 2.16. The van der Waals surface area contributed by atoms with Gasteiger partial charge in [0.2, 0.25) is 0 Å². The summed E-state index contributed by atoms with van der Waals surface area (Å²) < 4.78 is 20.0. The Hall–Kier alpha value is -0.510. The van der Waals surface area contributed by atoms with Crippen molar-refractivity contribution in [3.05, 3.63) is 28.0 Å². The van der Waals surface area contributed by atoms with Gasteiger partial charge in [-0.15, -0.1) is 0 Å². The van der Waals surface area contributed by atoms with Crippen LogP contribution in [0.3, 0.4) is 0 Å². The second-order valence-electron chi connectivity index (χ2n) is 5.71. The number of ether oxygens (including phenoxy) is 1. The maximum Gasteiger partial charge on any atom is 0.185 e. The molecular weight excluding hydrogens is 300 g/mol. The van der Waals surface area contributed by atoms with Gasteiger partial charge in [0.1, 0.15) is 6.10 Å². The highest BCUT2D eigenvalue weighted by Crippen LogP contribution is 2.33. The van der Waals surface area contributed by atoms with Crippen molar-refractivity contribution in [3.8, 4) is 5.75 Å². The van der Waals surface area contributed by atoms with Crippen LogP contribution in [0.15, 0.2) is 12.1 Å². The van der Waals surface area contributed by atoms with Crippen LogP contribution in [-0.4, -0.2) is 19.2 Å². The van der Waals surface area contributed by atoms with Crippen molar-refractivity contribution in [2.24, 2.45) is 11.8 Å². The molecule has 0 bridgehead atoms. The lowest BCUT2D eigenvalue weighted by molar-refractivity contribution is 0.114. The fourth-order valence-corrected chi connectivity index (χ4v) is 2.86. The summed E-state index contributed by atoms with van der Waals surface area (Å²) in [6, 6.07) is 3.13. The van der Waals surface area contributed by atoms with Crippen molar-refractivity contribution in [2.75, 3.05) is 13.1 Å². The average molecular weight is 320 g/mol. The predicted octanol–water partition coefficient (Wildman–Crippen LogP) is 4.54. The maximum absolute atomic E-state index is 14.1. The average Bonchev–Trinajstić information content (AvgIpc) is 2.92. The van der Waals surface area contributed by atoms with Crippen LogP contribution < -0.4 is 10.1 Å². The summed E-state index contributed by atoms with van der Waals surface area (Å²) in [5.41, 5.74) is 0. The molecule has 0 amide bonds. The van der Waals surface area contributed by atoms with Gasteiger partial charge < -0.3 is 10.1 Å². The number of hydrogen-bond donors (Lipinski definition) is 1. The van der Waals surface area contributed by atoms with E-state index in [4.69, 9.17) is 27.9 Å². The molecule has 1 aromatic carbocycles. The highest BCUT2D eigenvalue weighted by atomic mass is 35.5. The van der Waals surface area contributed by atoms with E-state index in [0.29, 0.717) is 11.8 Å². The van der Waals surface area contributed by atoms with Gasteiger partial charge in [-0.2, -0.15) is 0 Å². The van der Waals surface area contributed by atoms with E-state index < -0.39 is 5.82 Å². The van der Waals surface area contributed by atoms with E-state index in [-0.39, 0.29) is 21.9 Å². The molecule has 0 unspecified atom stereocenters. The fraction of sp³-hybridized carbons (Fsp3) is 0.600. The third-order valence-corrected chi connectivity index (χ3v) is 4.39. The molecule has 1 fully saturated rings. The van der Waals surface area contributed by atoms with Crippen LogP contribution in [0.2, 0.25) is 10.0 Å². The first kappa shape index (κ1) is 15.9. The van der Waals surface area contributed by atoms with Gasteiger partial charge in [0, 0.05) is 12.5 Å². The quantitative estimate of drug-likeness (QED) is 0.805. The molecule has 0 saturated carbocycles. The number of benzene rings is 1. The summed E-state index contributed by atoms with van der Waals surface area (Å²) >= 11 is 11.6. The lowest BCUT2D eigenvalue weighted by Gasteiger charge is -2.26. The van der Waals surface area contributed by atoms with Crippen molar-refractivity contribution in [1.82, 2.24) is 5.32 Å². The molecule has 0 radical (unpaired) electrons. The van der Waals surface area contributed by atoms with Crippen LogP contribution in [-0.2, 0) is 0 Å². The van der Waals surface area contributed by atoms with E-state index in [0.717, 1.165) is 25.9 Å². The first-order chi connectivity index (χ1) is 9.49. The zero-order valence-electron chi connectivity index (χ0n) is 11.8. The van der Waals surface area contributed by atoms with Gasteiger partial charge >= 0.3 is 0 Å². The topological polar surface area (TPSA) is 21.3 Å². The van der Waals surface area contributed by atoms with Gasteiger partial charge in [0.25, 0.3) is 0 Å². The zero-order chi connectivity index (χ0) is 14.7. The van der Waals surface area contributed by atoms with Crippen LogP contribution in [0.5, 0.6) is 5.75 Å². The Morgan fingerprint density at radius 2 is 2.15 bits per heavy atom. The van der Waals surface area contributed by atoms with E-state index in [1.165, 1.54) is 0 Å². The highest BCUT2D eigenvalue weighted by Gasteiger charge is 2.28. The summed E-state index contributed by atoms with van der Waals surface area (Å²) in [5, 5.41) is 3.46. The smallest absolute Gasteiger partial charge is 0.185 e. The van der Waals surface area contributed by atoms with Gasteiger partial charge in [-0.25, -0.2) is 4.39 Å². The van der Waals surface area contributed by atoms with Crippen LogP contribution in [0.4, 0.5) is 4.39 Å². The molecule has 1 heterocycles. The predicted molar refractivity (Wildman–Crippen MR) is 81.3 cm³/mol. The summed E-state index contributed by atoms with van der Waals surface area (Å²) in [5.74, 6) is 0.522. The minimum atomic E-state index is -0.570. The molecule has 2 atom stereocenters. The summed E-state index contributed by atoms with van der Waals surface area (Å²) in [6.07, 6.45) is 1.95. The first-order valence-corrected chi connectivity index (χ1v) is 7.75. The van der Waals surface area contributed by atoms with Crippen LogP contribution >= 0.6 is 23.2 Å². The molecule has 1 saturated heterocycles. The number of halogens is 3. The molecule has 0 aliphatic carbocycles. The van der Waals surface area contributed by atoms with Crippen molar-refractivity contribution in [1.29, 1.82) is 0 Å². The fourth-order valence-electron chi connectivity index (χ4n) is 2.56. The molecular formula is C15H20Cl2FNO. The molecule has 1 aromatic rings. The van der Waals surface area contributed by atoms with Gasteiger partial charge in [-0.05, 0) is 37.4 Å². The minimum absolute atomic E-state index is 0.00302. The normalized spacial score (nSPS) is 20.4. The lowest BCUT2D eigenvalue weighted by Crippen LogP contribution is -2.30. The van der Waals surface area contributed by atoms with Crippen LogP contribution in [0.1, 0.15) is 26.7 Å². The molecule has 5 heteroatoms. The molecule has 0 spiro atoms. The van der Waals surface area contributed by atoms with Gasteiger partial charge in [-0.3, -0.25) is 0 Å². The molecule has 0 aromatic heterocycles. The zero-order valence-corrected chi connectivity index (χ0v) is 13.3. The van der Waals surface area contributed by atoms with E-state index in [2.05, 4.69) is 19.2 Å². The van der Waals surface area contributed by atoms with Crippen LogP contribution in [0, 0.1) is 17.7 Å². The van der Waals surface area contributed by atoms with Crippen molar-refractivity contribution in [3.63, 3.8) is 0 Å². The van der Waals surface area contributed by atoms with Crippen molar-refractivity contribution < 1.29 is 9.13 Å². The molecule has 1 aliphatic rings. The largest absolute Gasteiger partial charge is 0.487 e. The second kappa shape index (κ2) is 6.97. The molecule has 1 N–H and O–H groups in total. The third-order valence-electron chi connectivity index (χ3n) is 3.61. The van der Waals surface area contributed by atoms with Crippen molar-refractivity contribution >= 4 is 23.2 Å². The summed E-state index contributed by atoms with van der Waals surface area (Å²) in [4.78, 5) is 0. The van der Waals surface area contributed by atoms with Crippen molar-refractivity contribution in [2.45, 2.75) is 32.8 Å². The van der Waals surface area contributed by atoms with E-state index in [1.54, 1.807) is 12.1 Å². The Kier molecular flexibility index (Phi) is 5.53. The minimum Gasteiger partial charge on any atom is -0.487 e. The SMILES string of the molecule is CC(C)C[C@H](Oc1ccc(Cl)c(Cl)c1F)[C@H]1CCNC1. The van der Waals surface area contributed by atoms with Gasteiger partial charge in [0.05, 0.1) is 10.0 Å². The monoisotopic (exact) mass is 319 g/mol. The van der Waals surface area contributed by atoms with E-state index >= 15 is 0 Å². The summed E-state index contributed by atoms with van der Waals surface area (Å²) in [7, 11) is 0. The molecule has 1 aliphatic heterocycles. The molecule has 2 rings (SSSR count). The summed E-state index contributed by atoms with van der Waals surface area (Å²) in [6.45, 7) is 6.20. The second-order valence-corrected chi connectivity index (χ2v) is 6.50. The third kappa shape index (κ3) is 3.78. The van der Waals surface area contributed by atoms with Gasteiger partial charge in [-0.1, -0.05) is 37.0 Å². The molecule has 112 valence electrons. The van der Waals surface area contributed by atoms with Gasteiger partial charge in [0.15, 0.2) is 11.6 Å². The number of rotatable bonds is 5. The Morgan fingerprint density at radius 1 is 1.40 bits per heavy atom. The number of hydrogen-bond acceptors (Lipinski definition) is 2. The van der Waals surface area contributed by atoms with Crippen LogP contribution in [0.25, 0.3) is 0 Å². The first-order valence-electron chi connectivity index (χ1n) is 7.00. The molecule has 20 heavy (non-hydrogen) atoms. The Morgan fingerprint density at radius 3 is 2.75 bits per heavy atom. The lowest BCUT2D eigenvalue weighted by atomic mass is 9.93. The Bertz CT molecular complexity index is 461. The Labute approximate surface area is 129 Å². The van der Waals surface area contributed by atoms with E-state index in [9.17, 15) is 4.39 Å². The standard InChI is InChI=1S/C15H20Cl2FNO/c1-9(2)7-13(10-5-6-19-8-10)20-12-4-3-11(16)14(17)15(12)18/h3-4,9-10,13,19H,5-8H2,1-2H3/t10-,13-/m0/s1.